The molecular weight excluding hydrogens is 286 g/mol. The van der Waals surface area contributed by atoms with Crippen LogP contribution in [-0.4, -0.2) is 6.61 Å². The molecule has 0 aromatic heterocycles. The van der Waals surface area contributed by atoms with Crippen LogP contribution < -0.4 is 10.5 Å². The number of alkyl halides is 2. The number of benzene rings is 2. The van der Waals surface area contributed by atoms with Gasteiger partial charge >= 0.3 is 6.61 Å². The predicted molar refractivity (Wildman–Crippen MR) is 70.1 cm³/mol. The number of hydrogen-bond acceptors (Lipinski definition) is 2. The lowest BCUT2D eigenvalue weighted by atomic mass is 9.99. The average molecular weight is 299 g/mol. The first-order chi connectivity index (χ1) is 9.97. The molecule has 0 bridgehead atoms. The van der Waals surface area contributed by atoms with Gasteiger partial charge in [0.15, 0.2) is 0 Å². The maximum atomic E-state index is 13.6. The van der Waals surface area contributed by atoms with Crippen molar-refractivity contribution in [1.29, 1.82) is 0 Å². The monoisotopic (exact) mass is 299 g/mol. The molecule has 0 amide bonds. The van der Waals surface area contributed by atoms with Gasteiger partial charge in [-0.3, -0.25) is 0 Å². The minimum Gasteiger partial charge on any atom is -0.435 e. The summed E-state index contributed by atoms with van der Waals surface area (Å²) in [7, 11) is 0. The molecular formula is C15H13F4NO. The molecule has 112 valence electrons. The summed E-state index contributed by atoms with van der Waals surface area (Å²) in [6, 6.07) is 8.56. The largest absolute Gasteiger partial charge is 0.435 e. The summed E-state index contributed by atoms with van der Waals surface area (Å²) < 4.78 is 55.7. The Hall–Kier alpha value is -2.08. The van der Waals surface area contributed by atoms with Gasteiger partial charge in [0.05, 0.1) is 0 Å². The second-order valence-corrected chi connectivity index (χ2v) is 4.46. The number of hydrogen-bond donors (Lipinski definition) is 1. The van der Waals surface area contributed by atoms with Gasteiger partial charge in [0.25, 0.3) is 0 Å². The Balaban J connectivity index is 2.18. The average Bonchev–Trinajstić information content (AvgIpc) is 2.42. The lowest BCUT2D eigenvalue weighted by Gasteiger charge is -2.14. The van der Waals surface area contributed by atoms with E-state index >= 15 is 0 Å². The third kappa shape index (κ3) is 3.95. The van der Waals surface area contributed by atoms with Gasteiger partial charge in [-0.1, -0.05) is 18.2 Å². The second-order valence-electron chi connectivity index (χ2n) is 4.46. The Bertz CT molecular complexity index is 598. The Morgan fingerprint density at radius 3 is 2.24 bits per heavy atom. The first-order valence-electron chi connectivity index (χ1n) is 6.20. The van der Waals surface area contributed by atoms with Crippen LogP contribution in [-0.2, 0) is 6.42 Å². The van der Waals surface area contributed by atoms with E-state index < -0.39 is 24.3 Å². The molecule has 2 N–H and O–H groups in total. The van der Waals surface area contributed by atoms with Crippen LogP contribution >= 0.6 is 0 Å². The Morgan fingerprint density at radius 2 is 1.62 bits per heavy atom. The highest BCUT2D eigenvalue weighted by Gasteiger charge is 2.15. The zero-order chi connectivity index (χ0) is 15.4. The van der Waals surface area contributed by atoms with E-state index in [0.29, 0.717) is 5.56 Å². The Labute approximate surface area is 119 Å². The van der Waals surface area contributed by atoms with Crippen molar-refractivity contribution in [3.63, 3.8) is 0 Å². The summed E-state index contributed by atoms with van der Waals surface area (Å²) in [6.07, 6.45) is -0.0867. The normalized spacial score (nSPS) is 12.5. The van der Waals surface area contributed by atoms with Crippen molar-refractivity contribution in [3.05, 3.63) is 65.2 Å². The third-order valence-electron chi connectivity index (χ3n) is 3.00. The molecule has 2 rings (SSSR count). The summed E-state index contributed by atoms with van der Waals surface area (Å²) in [5, 5.41) is 0. The fourth-order valence-electron chi connectivity index (χ4n) is 1.99. The predicted octanol–water partition coefficient (Wildman–Crippen LogP) is 3.81. The van der Waals surface area contributed by atoms with Crippen LogP contribution in [0.15, 0.2) is 42.5 Å². The van der Waals surface area contributed by atoms with Crippen LogP contribution in [0, 0.1) is 11.6 Å². The fraction of sp³-hybridized carbons (Fsp3) is 0.200. The molecule has 0 radical (unpaired) electrons. The molecule has 0 aliphatic rings. The van der Waals surface area contributed by atoms with Crippen molar-refractivity contribution in [1.82, 2.24) is 0 Å². The van der Waals surface area contributed by atoms with Gasteiger partial charge < -0.3 is 10.5 Å². The maximum absolute atomic E-state index is 13.6. The molecule has 0 aliphatic heterocycles. The highest BCUT2D eigenvalue weighted by molar-refractivity contribution is 5.32. The van der Waals surface area contributed by atoms with E-state index in [1.54, 1.807) is 6.07 Å². The van der Waals surface area contributed by atoms with Crippen molar-refractivity contribution < 1.29 is 22.3 Å². The van der Waals surface area contributed by atoms with E-state index in [9.17, 15) is 17.6 Å². The highest BCUT2D eigenvalue weighted by atomic mass is 19.3. The first kappa shape index (κ1) is 15.3. The van der Waals surface area contributed by atoms with Crippen LogP contribution in [0.3, 0.4) is 0 Å². The summed E-state index contributed by atoms with van der Waals surface area (Å²) in [5.74, 6) is -1.43. The molecule has 6 heteroatoms. The van der Waals surface area contributed by atoms with E-state index in [1.807, 2.05) is 0 Å². The van der Waals surface area contributed by atoms with Crippen molar-refractivity contribution in [2.24, 2.45) is 5.73 Å². The summed E-state index contributed by atoms with van der Waals surface area (Å²) in [6.45, 7) is -2.94. The van der Waals surface area contributed by atoms with Gasteiger partial charge in [-0.05, 0) is 36.2 Å². The molecule has 0 heterocycles. The lowest BCUT2D eigenvalue weighted by Crippen LogP contribution is -2.15. The number of halogens is 4. The van der Waals surface area contributed by atoms with E-state index in [-0.39, 0.29) is 17.7 Å². The maximum Gasteiger partial charge on any atom is 0.387 e. The van der Waals surface area contributed by atoms with E-state index in [2.05, 4.69) is 4.74 Å². The van der Waals surface area contributed by atoms with Crippen molar-refractivity contribution in [2.75, 3.05) is 0 Å². The summed E-state index contributed by atoms with van der Waals surface area (Å²) in [5.41, 5.74) is 6.21. The van der Waals surface area contributed by atoms with Gasteiger partial charge in [-0.2, -0.15) is 8.78 Å². The van der Waals surface area contributed by atoms with Crippen molar-refractivity contribution in [2.45, 2.75) is 19.1 Å². The van der Waals surface area contributed by atoms with Gasteiger partial charge in [0.1, 0.15) is 17.4 Å². The SMILES string of the molecule is NC(Cc1c(F)cccc1F)c1cccc(OC(F)F)c1. The van der Waals surface area contributed by atoms with Crippen LogP contribution in [0.5, 0.6) is 5.75 Å². The minimum atomic E-state index is -2.94. The summed E-state index contributed by atoms with van der Waals surface area (Å²) in [4.78, 5) is 0. The highest BCUT2D eigenvalue weighted by Crippen LogP contribution is 2.24. The van der Waals surface area contributed by atoms with Gasteiger partial charge in [-0.15, -0.1) is 0 Å². The Morgan fingerprint density at radius 1 is 1.00 bits per heavy atom. The lowest BCUT2D eigenvalue weighted by molar-refractivity contribution is -0.0499. The van der Waals surface area contributed by atoms with Gasteiger partial charge in [0, 0.05) is 11.6 Å². The quantitative estimate of drug-likeness (QED) is 0.852. The number of rotatable bonds is 5. The first-order valence-corrected chi connectivity index (χ1v) is 6.20. The van der Waals surface area contributed by atoms with Crippen molar-refractivity contribution >= 4 is 0 Å². The van der Waals surface area contributed by atoms with Crippen molar-refractivity contribution in [3.8, 4) is 5.75 Å². The number of ether oxygens (including phenoxy) is 1. The second kappa shape index (κ2) is 6.58. The molecule has 2 nitrogen and oxygen atoms in total. The summed E-state index contributed by atoms with van der Waals surface area (Å²) >= 11 is 0. The van der Waals surface area contributed by atoms with Crippen LogP contribution in [0.2, 0.25) is 0 Å². The van der Waals surface area contributed by atoms with Gasteiger partial charge in [-0.25, -0.2) is 8.78 Å². The zero-order valence-electron chi connectivity index (χ0n) is 10.9. The molecule has 0 saturated carbocycles. The molecule has 0 fully saturated rings. The molecule has 1 unspecified atom stereocenters. The van der Waals surface area contributed by atoms with Crippen LogP contribution in [0.25, 0.3) is 0 Å². The topological polar surface area (TPSA) is 35.2 Å². The van der Waals surface area contributed by atoms with Gasteiger partial charge in [0.2, 0.25) is 0 Å². The minimum absolute atomic E-state index is 0.0491. The fourth-order valence-corrected chi connectivity index (χ4v) is 1.99. The Kier molecular flexibility index (Phi) is 4.80. The third-order valence-corrected chi connectivity index (χ3v) is 3.00. The van der Waals surface area contributed by atoms with E-state index in [0.717, 1.165) is 12.1 Å². The number of nitrogens with two attached hydrogens (primary N) is 1. The smallest absolute Gasteiger partial charge is 0.387 e. The zero-order valence-corrected chi connectivity index (χ0v) is 10.9. The molecule has 2 aromatic rings. The molecule has 1 atom stereocenters. The molecule has 21 heavy (non-hydrogen) atoms. The standard InChI is InChI=1S/C15H13F4NO/c16-12-5-2-6-13(17)11(12)8-14(20)9-3-1-4-10(7-9)21-15(18)19/h1-7,14-15H,8,20H2. The molecule has 0 saturated heterocycles. The van der Waals surface area contributed by atoms with Crippen LogP contribution in [0.4, 0.5) is 17.6 Å². The molecule has 0 spiro atoms. The molecule has 0 aliphatic carbocycles. The van der Waals surface area contributed by atoms with E-state index in [1.165, 1.54) is 24.3 Å². The molecule has 2 aromatic carbocycles. The van der Waals surface area contributed by atoms with Crippen LogP contribution in [0.1, 0.15) is 17.2 Å². The van der Waals surface area contributed by atoms with E-state index in [4.69, 9.17) is 5.73 Å².